The Kier molecular flexibility index (Phi) is 5.30. The van der Waals surface area contributed by atoms with Crippen LogP contribution in [0.1, 0.15) is 23.2 Å². The summed E-state index contributed by atoms with van der Waals surface area (Å²) in [4.78, 5) is 25.4. The first-order valence-electron chi connectivity index (χ1n) is 7.12. The zero-order valence-electron chi connectivity index (χ0n) is 11.9. The van der Waals surface area contributed by atoms with Gasteiger partial charge in [-0.2, -0.15) is 0 Å². The number of nitrogens with zero attached hydrogens (tertiary/aromatic N) is 1. The molecule has 114 valence electrons. The first-order valence-corrected chi connectivity index (χ1v) is 7.12. The van der Waals surface area contributed by atoms with E-state index in [0.717, 1.165) is 25.9 Å². The number of piperidine rings is 1. The first kappa shape index (κ1) is 15.5. The second kappa shape index (κ2) is 7.19. The fourth-order valence-electron chi connectivity index (χ4n) is 2.53. The number of carbonyl (C=O) groups is 2. The Hall–Kier alpha value is -1.92. The van der Waals surface area contributed by atoms with Gasteiger partial charge in [0.05, 0.1) is 17.8 Å². The minimum atomic E-state index is -0.560. The van der Waals surface area contributed by atoms with Crippen LogP contribution in [0.3, 0.4) is 0 Å². The molecule has 1 aromatic rings. The van der Waals surface area contributed by atoms with Gasteiger partial charge in [-0.3, -0.25) is 14.5 Å². The van der Waals surface area contributed by atoms with Gasteiger partial charge in [0.1, 0.15) is 0 Å². The number of rotatable bonds is 5. The molecule has 0 unspecified atom stereocenters. The number of para-hydroxylation sites is 1. The number of aliphatic hydroxyl groups is 1. The smallest absolute Gasteiger partial charge is 0.250 e. The molecule has 0 atom stereocenters. The first-order chi connectivity index (χ1) is 10.1. The molecule has 0 bridgehead atoms. The standard InChI is InChI=1S/C15H21N3O3/c16-15(21)12-3-1-2-4-13(12)17-14(20)9-18-7-5-11(10-19)6-8-18/h1-4,11,19H,5-10H2,(H2,16,21)(H,17,20). The third-order valence-corrected chi connectivity index (χ3v) is 3.80. The van der Waals surface area contributed by atoms with Crippen LogP contribution in [0.4, 0.5) is 5.69 Å². The van der Waals surface area contributed by atoms with E-state index < -0.39 is 5.91 Å². The van der Waals surface area contributed by atoms with Crippen molar-refractivity contribution in [2.24, 2.45) is 11.7 Å². The van der Waals surface area contributed by atoms with E-state index in [9.17, 15) is 9.59 Å². The van der Waals surface area contributed by atoms with Crippen molar-refractivity contribution in [3.63, 3.8) is 0 Å². The summed E-state index contributed by atoms with van der Waals surface area (Å²) in [5.41, 5.74) is 6.04. The molecular formula is C15H21N3O3. The molecule has 2 amide bonds. The van der Waals surface area contributed by atoms with Crippen LogP contribution in [0.2, 0.25) is 0 Å². The van der Waals surface area contributed by atoms with E-state index in [-0.39, 0.29) is 19.1 Å². The molecular weight excluding hydrogens is 270 g/mol. The summed E-state index contributed by atoms with van der Waals surface area (Å²) in [6.45, 7) is 2.10. The lowest BCUT2D eigenvalue weighted by Crippen LogP contribution is -2.40. The van der Waals surface area contributed by atoms with Gasteiger partial charge < -0.3 is 16.2 Å². The number of likely N-dealkylation sites (tertiary alicyclic amines) is 1. The SMILES string of the molecule is NC(=O)c1ccccc1NC(=O)CN1CCC(CO)CC1. The number of nitrogens with one attached hydrogen (secondary N) is 1. The summed E-state index contributed by atoms with van der Waals surface area (Å²) < 4.78 is 0. The van der Waals surface area contributed by atoms with Gasteiger partial charge in [-0.1, -0.05) is 12.1 Å². The number of amides is 2. The summed E-state index contributed by atoms with van der Waals surface area (Å²) >= 11 is 0. The topological polar surface area (TPSA) is 95.7 Å². The average molecular weight is 291 g/mol. The van der Waals surface area contributed by atoms with E-state index in [2.05, 4.69) is 5.32 Å². The van der Waals surface area contributed by atoms with Crippen LogP contribution in [0, 0.1) is 5.92 Å². The molecule has 1 heterocycles. The summed E-state index contributed by atoms with van der Waals surface area (Å²) in [7, 11) is 0. The molecule has 0 aliphatic carbocycles. The summed E-state index contributed by atoms with van der Waals surface area (Å²) in [5.74, 6) is -0.374. The maximum atomic E-state index is 12.1. The Labute approximate surface area is 123 Å². The van der Waals surface area contributed by atoms with Crippen molar-refractivity contribution in [1.29, 1.82) is 0 Å². The Balaban J connectivity index is 1.89. The minimum absolute atomic E-state index is 0.161. The van der Waals surface area contributed by atoms with E-state index in [1.54, 1.807) is 24.3 Å². The normalized spacial score (nSPS) is 16.6. The van der Waals surface area contributed by atoms with Gasteiger partial charge in [0.25, 0.3) is 5.91 Å². The van der Waals surface area contributed by atoms with Gasteiger partial charge in [0.2, 0.25) is 5.91 Å². The van der Waals surface area contributed by atoms with Crippen molar-refractivity contribution >= 4 is 17.5 Å². The number of hydrogen-bond acceptors (Lipinski definition) is 4. The van der Waals surface area contributed by atoms with E-state index in [1.807, 2.05) is 4.90 Å². The second-order valence-corrected chi connectivity index (χ2v) is 5.36. The van der Waals surface area contributed by atoms with E-state index in [1.165, 1.54) is 0 Å². The third-order valence-electron chi connectivity index (χ3n) is 3.80. The van der Waals surface area contributed by atoms with Crippen LogP contribution >= 0.6 is 0 Å². The quantitative estimate of drug-likeness (QED) is 0.733. The third kappa shape index (κ3) is 4.27. The number of hydrogen-bond donors (Lipinski definition) is 3. The number of aliphatic hydroxyl groups excluding tert-OH is 1. The van der Waals surface area contributed by atoms with Crippen LogP contribution in [0.15, 0.2) is 24.3 Å². The van der Waals surface area contributed by atoms with Gasteiger partial charge >= 0.3 is 0 Å². The van der Waals surface area contributed by atoms with Crippen LogP contribution in [-0.4, -0.2) is 48.1 Å². The lowest BCUT2D eigenvalue weighted by Gasteiger charge is -2.30. The molecule has 6 heteroatoms. The Morgan fingerprint density at radius 3 is 2.57 bits per heavy atom. The molecule has 0 aromatic heterocycles. The predicted octanol–water partition coefficient (Wildman–Crippen LogP) is 0.428. The average Bonchev–Trinajstić information content (AvgIpc) is 2.48. The largest absolute Gasteiger partial charge is 0.396 e. The Morgan fingerprint density at radius 2 is 1.95 bits per heavy atom. The van der Waals surface area contributed by atoms with E-state index >= 15 is 0 Å². The van der Waals surface area contributed by atoms with Crippen molar-refractivity contribution in [1.82, 2.24) is 4.90 Å². The van der Waals surface area contributed by atoms with Crippen molar-refractivity contribution in [2.75, 3.05) is 31.6 Å². The van der Waals surface area contributed by atoms with Crippen molar-refractivity contribution in [3.05, 3.63) is 29.8 Å². The van der Waals surface area contributed by atoms with Gasteiger partial charge in [0.15, 0.2) is 0 Å². The fraction of sp³-hybridized carbons (Fsp3) is 0.467. The van der Waals surface area contributed by atoms with Crippen molar-refractivity contribution in [3.8, 4) is 0 Å². The van der Waals surface area contributed by atoms with Crippen molar-refractivity contribution in [2.45, 2.75) is 12.8 Å². The van der Waals surface area contributed by atoms with Crippen LogP contribution in [-0.2, 0) is 4.79 Å². The van der Waals surface area contributed by atoms with Crippen molar-refractivity contribution < 1.29 is 14.7 Å². The summed E-state index contributed by atoms with van der Waals surface area (Å²) in [6, 6.07) is 6.70. The molecule has 1 aromatic carbocycles. The minimum Gasteiger partial charge on any atom is -0.396 e. The van der Waals surface area contributed by atoms with Gasteiger partial charge in [0, 0.05) is 6.61 Å². The maximum Gasteiger partial charge on any atom is 0.250 e. The second-order valence-electron chi connectivity index (χ2n) is 5.36. The number of nitrogens with two attached hydrogens (primary N) is 1. The lowest BCUT2D eigenvalue weighted by atomic mass is 9.98. The molecule has 21 heavy (non-hydrogen) atoms. The van der Waals surface area contributed by atoms with Crippen LogP contribution in [0.5, 0.6) is 0 Å². The highest BCUT2D eigenvalue weighted by molar-refractivity contribution is 6.03. The monoisotopic (exact) mass is 291 g/mol. The number of benzene rings is 1. The fourth-order valence-corrected chi connectivity index (χ4v) is 2.53. The van der Waals surface area contributed by atoms with Crippen LogP contribution < -0.4 is 11.1 Å². The number of carbonyl (C=O) groups excluding carboxylic acids is 2. The number of anilines is 1. The molecule has 4 N–H and O–H groups in total. The molecule has 2 rings (SSSR count). The van der Waals surface area contributed by atoms with E-state index in [0.29, 0.717) is 17.2 Å². The zero-order chi connectivity index (χ0) is 15.2. The highest BCUT2D eigenvalue weighted by Gasteiger charge is 2.20. The molecule has 0 spiro atoms. The highest BCUT2D eigenvalue weighted by atomic mass is 16.3. The molecule has 0 saturated carbocycles. The number of primary amides is 1. The molecule has 1 fully saturated rings. The molecule has 6 nitrogen and oxygen atoms in total. The molecule has 1 saturated heterocycles. The zero-order valence-corrected chi connectivity index (χ0v) is 11.9. The molecule has 0 radical (unpaired) electrons. The molecule has 1 aliphatic heterocycles. The Morgan fingerprint density at radius 1 is 1.29 bits per heavy atom. The van der Waals surface area contributed by atoms with Gasteiger partial charge in [-0.25, -0.2) is 0 Å². The molecule has 1 aliphatic rings. The highest BCUT2D eigenvalue weighted by Crippen LogP contribution is 2.17. The maximum absolute atomic E-state index is 12.1. The summed E-state index contributed by atoms with van der Waals surface area (Å²) in [5, 5.41) is 11.8. The predicted molar refractivity (Wildman–Crippen MR) is 79.8 cm³/mol. The summed E-state index contributed by atoms with van der Waals surface area (Å²) in [6.07, 6.45) is 1.81. The van der Waals surface area contributed by atoms with Crippen LogP contribution in [0.25, 0.3) is 0 Å². The van der Waals surface area contributed by atoms with Gasteiger partial charge in [-0.15, -0.1) is 0 Å². The van der Waals surface area contributed by atoms with E-state index in [4.69, 9.17) is 10.8 Å². The lowest BCUT2D eigenvalue weighted by molar-refractivity contribution is -0.117. The Bertz CT molecular complexity index is 511. The van der Waals surface area contributed by atoms with Gasteiger partial charge in [-0.05, 0) is 44.0 Å².